The van der Waals surface area contributed by atoms with Crippen LogP contribution in [0.5, 0.6) is 5.75 Å². The van der Waals surface area contributed by atoms with Crippen molar-refractivity contribution in [1.82, 2.24) is 4.72 Å². The molecule has 5 nitrogen and oxygen atoms in total. The van der Waals surface area contributed by atoms with Crippen LogP contribution in [0.4, 0.5) is 0 Å². The van der Waals surface area contributed by atoms with E-state index in [0.29, 0.717) is 11.5 Å². The van der Waals surface area contributed by atoms with Crippen LogP contribution in [0, 0.1) is 5.92 Å². The summed E-state index contributed by atoms with van der Waals surface area (Å²) in [5, 5.41) is 9.57. The third-order valence-corrected chi connectivity index (χ3v) is 5.36. The average Bonchev–Trinajstić information content (AvgIpc) is 3.15. The van der Waals surface area contributed by atoms with Crippen LogP contribution in [0.25, 0.3) is 0 Å². The van der Waals surface area contributed by atoms with E-state index >= 15 is 0 Å². The molecule has 0 spiro atoms. The van der Waals surface area contributed by atoms with Gasteiger partial charge in [-0.1, -0.05) is 24.9 Å². The number of rotatable bonds is 7. The molecule has 2 N–H and O–H groups in total. The number of ether oxygens (including phenoxy) is 1. The Bertz CT molecular complexity index is 618. The van der Waals surface area contributed by atoms with E-state index in [1.54, 1.807) is 0 Å². The number of methoxy groups -OCH3 is 1. The van der Waals surface area contributed by atoms with Crippen molar-refractivity contribution in [3.63, 3.8) is 0 Å². The molecule has 1 aliphatic carbocycles. The summed E-state index contributed by atoms with van der Waals surface area (Å²) < 4.78 is 32.8. The Morgan fingerprint density at radius 3 is 2.76 bits per heavy atom. The number of sulfonamides is 1. The van der Waals surface area contributed by atoms with Crippen molar-refractivity contribution in [2.75, 3.05) is 7.11 Å². The lowest BCUT2D eigenvalue weighted by atomic mass is 10.2. The summed E-state index contributed by atoms with van der Waals surface area (Å²) in [4.78, 5) is -0.0244. The molecule has 21 heavy (non-hydrogen) atoms. The van der Waals surface area contributed by atoms with Gasteiger partial charge in [0.05, 0.1) is 13.7 Å². The first-order valence-corrected chi connectivity index (χ1v) is 8.78. The van der Waals surface area contributed by atoms with Crippen molar-refractivity contribution in [3.8, 4) is 5.75 Å². The Morgan fingerprint density at radius 1 is 1.48 bits per heavy atom. The molecule has 1 aliphatic rings. The molecule has 1 fully saturated rings. The summed E-state index contributed by atoms with van der Waals surface area (Å²) >= 11 is 5.94. The molecule has 2 atom stereocenters. The van der Waals surface area contributed by atoms with Crippen LogP contribution >= 0.6 is 11.6 Å². The normalized spacial score (nSPS) is 21.3. The van der Waals surface area contributed by atoms with E-state index in [-0.39, 0.29) is 28.3 Å². The van der Waals surface area contributed by atoms with Gasteiger partial charge in [0.25, 0.3) is 0 Å². The smallest absolute Gasteiger partial charge is 0.244 e. The molecule has 118 valence electrons. The van der Waals surface area contributed by atoms with Crippen LogP contribution in [0.3, 0.4) is 0 Å². The zero-order valence-electron chi connectivity index (χ0n) is 12.1. The molecule has 0 heterocycles. The predicted molar refractivity (Wildman–Crippen MR) is 81.1 cm³/mol. The molecule has 0 bridgehead atoms. The molecule has 1 aromatic rings. The molecule has 0 aliphatic heterocycles. The number of nitrogens with one attached hydrogen (secondary N) is 1. The number of hydrogen-bond acceptors (Lipinski definition) is 4. The van der Waals surface area contributed by atoms with Crippen LogP contribution in [-0.2, 0) is 16.6 Å². The van der Waals surface area contributed by atoms with E-state index in [4.69, 9.17) is 16.3 Å². The Labute approximate surface area is 130 Å². The maximum Gasteiger partial charge on any atom is 0.244 e. The summed E-state index contributed by atoms with van der Waals surface area (Å²) in [6.07, 6.45) is 2.92. The molecule has 1 aromatic carbocycles. The van der Waals surface area contributed by atoms with Gasteiger partial charge in [0.15, 0.2) is 0 Å². The molecule has 0 saturated heterocycles. The minimum Gasteiger partial charge on any atom is -0.495 e. The second kappa shape index (κ2) is 6.52. The second-order valence-corrected chi connectivity index (χ2v) is 7.39. The molecule has 7 heteroatoms. The SMILES string of the molecule is CCCC1CC1NS(=O)(=O)c1cc(Cl)cc(CO)c1OC. The van der Waals surface area contributed by atoms with Gasteiger partial charge in [-0.3, -0.25) is 0 Å². The molecule has 0 radical (unpaired) electrons. The number of benzene rings is 1. The fourth-order valence-electron chi connectivity index (χ4n) is 2.52. The first-order valence-electron chi connectivity index (χ1n) is 6.92. The summed E-state index contributed by atoms with van der Waals surface area (Å²) in [5.41, 5.74) is 0.353. The minimum atomic E-state index is -3.72. The minimum absolute atomic E-state index is 0.0174. The Hall–Kier alpha value is -0.820. The van der Waals surface area contributed by atoms with Crippen LogP contribution in [-0.4, -0.2) is 26.7 Å². The van der Waals surface area contributed by atoms with Gasteiger partial charge in [-0.05, 0) is 30.9 Å². The molecule has 0 aromatic heterocycles. The topological polar surface area (TPSA) is 75.6 Å². The fraction of sp³-hybridized carbons (Fsp3) is 0.571. The zero-order chi connectivity index (χ0) is 15.6. The number of aliphatic hydroxyl groups is 1. The molecule has 1 saturated carbocycles. The lowest BCUT2D eigenvalue weighted by Crippen LogP contribution is -2.27. The van der Waals surface area contributed by atoms with Crippen LogP contribution < -0.4 is 9.46 Å². The summed E-state index contributed by atoms with van der Waals surface area (Å²) in [5.74, 6) is 0.550. The van der Waals surface area contributed by atoms with Gasteiger partial charge in [0.2, 0.25) is 10.0 Å². The van der Waals surface area contributed by atoms with Crippen molar-refractivity contribution < 1.29 is 18.3 Å². The van der Waals surface area contributed by atoms with E-state index in [1.165, 1.54) is 19.2 Å². The summed E-state index contributed by atoms with van der Waals surface area (Å²) in [7, 11) is -2.34. The van der Waals surface area contributed by atoms with Crippen molar-refractivity contribution in [1.29, 1.82) is 0 Å². The molecular formula is C14H20ClNO4S. The molecule has 0 amide bonds. The highest BCUT2D eigenvalue weighted by atomic mass is 35.5. The number of aliphatic hydroxyl groups excluding tert-OH is 1. The molecule has 2 rings (SSSR count). The Balaban J connectivity index is 2.30. The van der Waals surface area contributed by atoms with Gasteiger partial charge < -0.3 is 9.84 Å². The zero-order valence-corrected chi connectivity index (χ0v) is 13.7. The van der Waals surface area contributed by atoms with Gasteiger partial charge >= 0.3 is 0 Å². The Kier molecular flexibility index (Phi) is 5.14. The predicted octanol–water partition coefficient (Wildman–Crippen LogP) is 2.31. The summed E-state index contributed by atoms with van der Waals surface area (Å²) in [6, 6.07) is 2.83. The van der Waals surface area contributed by atoms with E-state index in [0.717, 1.165) is 19.3 Å². The average molecular weight is 334 g/mol. The lowest BCUT2D eigenvalue weighted by Gasteiger charge is -2.14. The number of hydrogen-bond donors (Lipinski definition) is 2. The highest BCUT2D eigenvalue weighted by Gasteiger charge is 2.40. The van der Waals surface area contributed by atoms with Gasteiger partial charge in [-0.2, -0.15) is 0 Å². The standard InChI is InChI=1S/C14H20ClNO4S/c1-3-4-9-6-12(9)16-21(18,19)13-7-11(15)5-10(8-17)14(13)20-2/h5,7,9,12,16-17H,3-4,6,8H2,1-2H3. The van der Waals surface area contributed by atoms with E-state index in [9.17, 15) is 13.5 Å². The van der Waals surface area contributed by atoms with Crippen LogP contribution in [0.15, 0.2) is 17.0 Å². The van der Waals surface area contributed by atoms with Crippen LogP contribution in [0.1, 0.15) is 31.7 Å². The van der Waals surface area contributed by atoms with E-state index in [2.05, 4.69) is 11.6 Å². The van der Waals surface area contributed by atoms with Gasteiger partial charge in [0.1, 0.15) is 10.6 Å². The first-order chi connectivity index (χ1) is 9.92. The maximum absolute atomic E-state index is 12.5. The van der Waals surface area contributed by atoms with Crippen molar-refractivity contribution in [3.05, 3.63) is 22.7 Å². The lowest BCUT2D eigenvalue weighted by molar-refractivity contribution is 0.272. The second-order valence-electron chi connectivity index (χ2n) is 5.27. The largest absolute Gasteiger partial charge is 0.495 e. The van der Waals surface area contributed by atoms with Gasteiger partial charge in [0, 0.05) is 16.6 Å². The van der Waals surface area contributed by atoms with Gasteiger partial charge in [-0.25, -0.2) is 13.1 Å². The van der Waals surface area contributed by atoms with E-state index in [1.807, 2.05) is 0 Å². The monoisotopic (exact) mass is 333 g/mol. The van der Waals surface area contributed by atoms with E-state index < -0.39 is 10.0 Å². The quantitative estimate of drug-likeness (QED) is 0.803. The highest BCUT2D eigenvalue weighted by molar-refractivity contribution is 7.89. The molecule has 2 unspecified atom stereocenters. The van der Waals surface area contributed by atoms with Gasteiger partial charge in [-0.15, -0.1) is 0 Å². The summed E-state index contributed by atoms with van der Waals surface area (Å²) in [6.45, 7) is 1.74. The van der Waals surface area contributed by atoms with Crippen molar-refractivity contribution in [2.24, 2.45) is 5.92 Å². The maximum atomic E-state index is 12.5. The first kappa shape index (κ1) is 16.5. The van der Waals surface area contributed by atoms with Crippen molar-refractivity contribution >= 4 is 21.6 Å². The third-order valence-electron chi connectivity index (χ3n) is 3.65. The Morgan fingerprint density at radius 2 is 2.19 bits per heavy atom. The van der Waals surface area contributed by atoms with Crippen LogP contribution in [0.2, 0.25) is 5.02 Å². The highest BCUT2D eigenvalue weighted by Crippen LogP contribution is 2.37. The third kappa shape index (κ3) is 3.69. The fourth-order valence-corrected chi connectivity index (χ4v) is 4.38. The van der Waals surface area contributed by atoms with Crippen molar-refractivity contribution in [2.45, 2.75) is 43.7 Å². The number of halogens is 1. The molecular weight excluding hydrogens is 314 g/mol.